The van der Waals surface area contributed by atoms with Gasteiger partial charge >= 0.3 is 0 Å². The van der Waals surface area contributed by atoms with Gasteiger partial charge in [-0.2, -0.15) is 0 Å². The molecule has 0 radical (unpaired) electrons. The van der Waals surface area contributed by atoms with Crippen molar-refractivity contribution < 1.29 is 4.92 Å². The Kier molecular flexibility index (Phi) is 4.78. The molecule has 0 aliphatic carbocycles. The van der Waals surface area contributed by atoms with Crippen LogP contribution >= 0.6 is 0 Å². The highest BCUT2D eigenvalue weighted by Gasteiger charge is 1.82. The second-order valence-electron chi connectivity index (χ2n) is 1.81. The van der Waals surface area contributed by atoms with Crippen molar-refractivity contribution in [1.29, 1.82) is 0 Å². The molecule has 0 aliphatic heterocycles. The summed E-state index contributed by atoms with van der Waals surface area (Å²) in [5.74, 6) is 0. The third-order valence-corrected chi connectivity index (χ3v) is 0.951. The van der Waals surface area contributed by atoms with E-state index in [9.17, 15) is 10.1 Å². The fourth-order valence-electron chi connectivity index (χ4n) is 0.483. The van der Waals surface area contributed by atoms with Gasteiger partial charge in [-0.25, -0.2) is 0 Å². The topological polar surface area (TPSA) is 43.1 Å². The Balaban J connectivity index is 3.15. The minimum Gasteiger partial charge on any atom is -0.259 e. The largest absolute Gasteiger partial charge is 0.259 e. The molecule has 9 heavy (non-hydrogen) atoms. The fraction of sp³-hybridized carbons (Fsp3) is 0.667. The zero-order chi connectivity index (χ0) is 7.11. The number of nitro groups is 1. The van der Waals surface area contributed by atoms with E-state index in [1.54, 1.807) is 6.08 Å². The smallest absolute Gasteiger partial charge is 0.230 e. The average Bonchev–Trinajstić information content (AvgIpc) is 1.80. The Labute approximate surface area is 54.5 Å². The van der Waals surface area contributed by atoms with Gasteiger partial charge in [0.1, 0.15) is 0 Å². The average molecular weight is 129 g/mol. The molecule has 0 spiro atoms. The van der Waals surface area contributed by atoms with Gasteiger partial charge in [-0.15, -0.1) is 0 Å². The molecule has 0 N–H and O–H groups in total. The third-order valence-electron chi connectivity index (χ3n) is 0.951. The Morgan fingerprint density at radius 2 is 2.33 bits per heavy atom. The molecule has 0 fully saturated rings. The maximum absolute atomic E-state index is 9.68. The Morgan fingerprint density at radius 3 is 2.78 bits per heavy atom. The van der Waals surface area contributed by atoms with Crippen LogP contribution in [0.5, 0.6) is 0 Å². The Hall–Kier alpha value is -0.860. The van der Waals surface area contributed by atoms with Crippen LogP contribution in [0.4, 0.5) is 0 Å². The standard InChI is InChI=1S/C6H11NO2/c1-2-3-4-5-6-7(8)9/h5-6H,2-4H2,1H3/b6-5+. The van der Waals surface area contributed by atoms with Crippen LogP contribution in [0.1, 0.15) is 26.2 Å². The molecule has 52 valence electrons. The quantitative estimate of drug-likeness (QED) is 0.331. The number of allylic oxidation sites excluding steroid dienone is 1. The van der Waals surface area contributed by atoms with Crippen molar-refractivity contribution in [3.63, 3.8) is 0 Å². The first-order chi connectivity index (χ1) is 4.27. The van der Waals surface area contributed by atoms with Crippen molar-refractivity contribution in [2.45, 2.75) is 26.2 Å². The van der Waals surface area contributed by atoms with Crippen LogP contribution in [0, 0.1) is 10.1 Å². The summed E-state index contributed by atoms with van der Waals surface area (Å²) in [6, 6.07) is 0. The van der Waals surface area contributed by atoms with Crippen molar-refractivity contribution >= 4 is 0 Å². The molecule has 0 saturated heterocycles. The van der Waals surface area contributed by atoms with Crippen molar-refractivity contribution in [3.05, 3.63) is 22.4 Å². The van der Waals surface area contributed by atoms with Gasteiger partial charge in [0.15, 0.2) is 0 Å². The van der Waals surface area contributed by atoms with Gasteiger partial charge in [-0.1, -0.05) is 13.3 Å². The molecular formula is C6H11NO2. The lowest BCUT2D eigenvalue weighted by atomic mass is 10.2. The second-order valence-corrected chi connectivity index (χ2v) is 1.81. The summed E-state index contributed by atoms with van der Waals surface area (Å²) >= 11 is 0. The molecule has 0 heterocycles. The van der Waals surface area contributed by atoms with Gasteiger partial charge in [0.2, 0.25) is 6.20 Å². The van der Waals surface area contributed by atoms with Crippen LogP contribution in [0.15, 0.2) is 12.3 Å². The van der Waals surface area contributed by atoms with E-state index in [4.69, 9.17) is 0 Å². The molecule has 3 heteroatoms. The van der Waals surface area contributed by atoms with Crippen LogP contribution in [-0.4, -0.2) is 4.92 Å². The number of nitrogens with zero attached hydrogens (tertiary/aromatic N) is 1. The summed E-state index contributed by atoms with van der Waals surface area (Å²) in [5, 5.41) is 9.68. The molecule has 0 atom stereocenters. The molecule has 0 bridgehead atoms. The summed E-state index contributed by atoms with van der Waals surface area (Å²) < 4.78 is 0. The van der Waals surface area contributed by atoms with Gasteiger partial charge in [0.05, 0.1) is 4.92 Å². The lowest BCUT2D eigenvalue weighted by Gasteiger charge is -1.83. The predicted molar refractivity (Wildman–Crippen MR) is 35.7 cm³/mol. The van der Waals surface area contributed by atoms with Gasteiger partial charge in [-0.05, 0) is 18.9 Å². The monoisotopic (exact) mass is 129 g/mol. The number of unbranched alkanes of at least 4 members (excludes halogenated alkanes) is 2. The number of hydrogen-bond donors (Lipinski definition) is 0. The lowest BCUT2D eigenvalue weighted by molar-refractivity contribution is -0.402. The molecule has 0 aromatic heterocycles. The highest BCUT2D eigenvalue weighted by Crippen LogP contribution is 1.93. The van der Waals surface area contributed by atoms with E-state index in [0.29, 0.717) is 0 Å². The van der Waals surface area contributed by atoms with Crippen LogP contribution < -0.4 is 0 Å². The van der Waals surface area contributed by atoms with Gasteiger partial charge in [0.25, 0.3) is 0 Å². The molecule has 0 saturated carbocycles. The molecule has 0 unspecified atom stereocenters. The van der Waals surface area contributed by atoms with Crippen LogP contribution in [0.3, 0.4) is 0 Å². The van der Waals surface area contributed by atoms with Gasteiger partial charge in [-0.3, -0.25) is 10.1 Å². The zero-order valence-corrected chi connectivity index (χ0v) is 5.54. The number of hydrogen-bond acceptors (Lipinski definition) is 2. The van der Waals surface area contributed by atoms with Crippen molar-refractivity contribution in [1.82, 2.24) is 0 Å². The molecule has 0 aromatic carbocycles. The fourth-order valence-corrected chi connectivity index (χ4v) is 0.483. The summed E-state index contributed by atoms with van der Waals surface area (Å²) in [6.07, 6.45) is 5.52. The van der Waals surface area contributed by atoms with E-state index in [0.717, 1.165) is 25.5 Å². The minimum absolute atomic E-state index is 0.435. The second kappa shape index (κ2) is 5.28. The molecular weight excluding hydrogens is 118 g/mol. The number of rotatable bonds is 4. The van der Waals surface area contributed by atoms with Gasteiger partial charge in [0, 0.05) is 0 Å². The van der Waals surface area contributed by atoms with Gasteiger partial charge < -0.3 is 0 Å². The highest BCUT2D eigenvalue weighted by molar-refractivity contribution is 4.71. The minimum atomic E-state index is -0.435. The normalized spacial score (nSPS) is 10.3. The molecule has 0 aliphatic rings. The lowest BCUT2D eigenvalue weighted by Crippen LogP contribution is -1.81. The van der Waals surface area contributed by atoms with E-state index >= 15 is 0 Å². The SMILES string of the molecule is CCCC/C=C/[N+](=O)[O-]. The summed E-state index contributed by atoms with van der Waals surface area (Å²) in [5.41, 5.74) is 0. The first-order valence-electron chi connectivity index (χ1n) is 3.07. The van der Waals surface area contributed by atoms with Crippen molar-refractivity contribution in [3.8, 4) is 0 Å². The van der Waals surface area contributed by atoms with Crippen LogP contribution in [-0.2, 0) is 0 Å². The molecule has 3 nitrogen and oxygen atoms in total. The van der Waals surface area contributed by atoms with E-state index in [2.05, 4.69) is 6.92 Å². The van der Waals surface area contributed by atoms with Crippen molar-refractivity contribution in [2.75, 3.05) is 0 Å². The van der Waals surface area contributed by atoms with Crippen LogP contribution in [0.25, 0.3) is 0 Å². The van der Waals surface area contributed by atoms with E-state index in [-0.39, 0.29) is 0 Å². The van der Waals surface area contributed by atoms with E-state index < -0.39 is 4.92 Å². The predicted octanol–water partition coefficient (Wildman–Crippen LogP) is 1.97. The van der Waals surface area contributed by atoms with Crippen molar-refractivity contribution in [2.24, 2.45) is 0 Å². The summed E-state index contributed by atoms with van der Waals surface area (Å²) in [4.78, 5) is 9.25. The Bertz CT molecular complexity index is 110. The highest BCUT2D eigenvalue weighted by atomic mass is 16.6. The Morgan fingerprint density at radius 1 is 1.67 bits per heavy atom. The maximum atomic E-state index is 9.68. The van der Waals surface area contributed by atoms with Crippen LogP contribution in [0.2, 0.25) is 0 Å². The summed E-state index contributed by atoms with van der Waals surface area (Å²) in [7, 11) is 0. The van der Waals surface area contributed by atoms with E-state index in [1.165, 1.54) is 0 Å². The third kappa shape index (κ3) is 7.14. The first-order valence-corrected chi connectivity index (χ1v) is 3.07. The maximum Gasteiger partial charge on any atom is 0.230 e. The summed E-state index contributed by atoms with van der Waals surface area (Å²) in [6.45, 7) is 2.06. The van der Waals surface area contributed by atoms with E-state index in [1.807, 2.05) is 0 Å². The molecule has 0 aromatic rings. The molecule has 0 amide bonds. The zero-order valence-electron chi connectivity index (χ0n) is 5.54. The molecule has 0 rings (SSSR count). The first kappa shape index (κ1) is 8.14.